The Balaban J connectivity index is 0.00000109. The average molecular weight is 593 g/mol. The summed E-state index contributed by atoms with van der Waals surface area (Å²) >= 11 is 1.07. The second kappa shape index (κ2) is 8.56. The van der Waals surface area contributed by atoms with Crippen molar-refractivity contribution in [3.8, 4) is 11.1 Å². The van der Waals surface area contributed by atoms with Crippen LogP contribution in [0.4, 0.5) is 0 Å². The third-order valence-electron chi connectivity index (χ3n) is 5.78. The molecule has 0 saturated carbocycles. The second-order valence-electron chi connectivity index (χ2n) is 7.33. The summed E-state index contributed by atoms with van der Waals surface area (Å²) in [6, 6.07) is 22.1. The average Bonchev–Trinajstić information content (AvgIpc) is 3.36. The summed E-state index contributed by atoms with van der Waals surface area (Å²) in [7, 11) is 6.34. The van der Waals surface area contributed by atoms with Gasteiger partial charge in [-0.2, -0.15) is 0 Å². The van der Waals surface area contributed by atoms with E-state index in [1.807, 2.05) is 0 Å². The molecule has 1 atom stereocenters. The van der Waals surface area contributed by atoms with Crippen molar-refractivity contribution in [1.29, 1.82) is 0 Å². The van der Waals surface area contributed by atoms with Crippen LogP contribution in [0.5, 0.6) is 0 Å². The molecule has 3 aromatic carbocycles. The molecule has 148 valence electrons. The van der Waals surface area contributed by atoms with E-state index in [0.29, 0.717) is 0 Å². The summed E-state index contributed by atoms with van der Waals surface area (Å²) < 4.78 is 8.87. The summed E-state index contributed by atoms with van der Waals surface area (Å²) in [5.41, 5.74) is 6.81. The summed E-state index contributed by atoms with van der Waals surface area (Å²) in [5.74, 6) is 1.01. The van der Waals surface area contributed by atoms with E-state index in [1.165, 1.54) is 44.8 Å². The molecule has 0 radical (unpaired) electrons. The van der Waals surface area contributed by atoms with Crippen molar-refractivity contribution in [3.63, 3.8) is 0 Å². The zero-order chi connectivity index (χ0) is 18.8. The van der Waals surface area contributed by atoms with Crippen LogP contribution in [0.15, 0.2) is 72.3 Å². The molecule has 6 heteroatoms. The normalized spacial score (nSPS) is 16.3. The first-order valence-corrected chi connectivity index (χ1v) is 16.1. The molecule has 3 aromatic rings. The van der Waals surface area contributed by atoms with Crippen molar-refractivity contribution >= 4 is 43.2 Å². The third-order valence-corrected chi connectivity index (χ3v) is 13.4. The van der Waals surface area contributed by atoms with Gasteiger partial charge < -0.3 is 24.8 Å². The molecule has 1 aliphatic heterocycles. The summed E-state index contributed by atoms with van der Waals surface area (Å²) in [4.78, 5) is 0. The van der Waals surface area contributed by atoms with Crippen LogP contribution in [0.3, 0.4) is 0 Å². The van der Waals surface area contributed by atoms with Gasteiger partial charge >= 0.3 is 184 Å². The maximum atomic E-state index is 6.34. The van der Waals surface area contributed by atoms with E-state index in [9.17, 15) is 0 Å². The molecule has 30 heavy (non-hydrogen) atoms. The quantitative estimate of drug-likeness (QED) is 0.239. The third kappa shape index (κ3) is 3.36. The van der Waals surface area contributed by atoms with Gasteiger partial charge in [-0.1, -0.05) is 0 Å². The Hall–Kier alpha value is -0.897. The number of halogens is 3. The molecule has 6 rings (SSSR count). The minimum atomic E-state index is -2.49. The maximum absolute atomic E-state index is 6.34. The van der Waals surface area contributed by atoms with Crippen molar-refractivity contribution in [2.75, 3.05) is 0 Å². The Morgan fingerprint density at radius 1 is 0.900 bits per heavy atom. The Bertz CT molecular complexity index is 1370. The fraction of sp³-hybridized carbons (Fsp3) is 0.0833. The minimum absolute atomic E-state index is 0. The van der Waals surface area contributed by atoms with Gasteiger partial charge in [0.05, 0.1) is 0 Å². The van der Waals surface area contributed by atoms with Gasteiger partial charge in [-0.25, -0.2) is 0 Å². The molecule has 0 bridgehead atoms. The van der Waals surface area contributed by atoms with Gasteiger partial charge in [-0.15, -0.1) is 0 Å². The first-order valence-electron chi connectivity index (χ1n) is 9.33. The van der Waals surface area contributed by atoms with Crippen LogP contribution in [-0.2, 0) is 30.9 Å². The van der Waals surface area contributed by atoms with Gasteiger partial charge in [0, 0.05) is 0 Å². The summed E-state index contributed by atoms with van der Waals surface area (Å²) in [5, 5.41) is 2.45. The van der Waals surface area contributed by atoms with Crippen molar-refractivity contribution in [2.45, 2.75) is 11.4 Å². The van der Waals surface area contributed by atoms with E-state index in [0.717, 1.165) is 12.2 Å². The molecule has 1 unspecified atom stereocenters. The molecule has 0 fully saturated rings. The van der Waals surface area contributed by atoms with Crippen LogP contribution in [-0.4, -0.2) is 5.01 Å². The molecule has 1 nitrogen and oxygen atoms in total. The Morgan fingerprint density at radius 2 is 1.63 bits per heavy atom. The molecule has 0 spiro atoms. The van der Waals surface area contributed by atoms with Crippen LogP contribution in [0.25, 0.3) is 23.0 Å². The number of hydrogen-bond acceptors (Lipinski definition) is 2. The van der Waals surface area contributed by atoms with Gasteiger partial charge in [0.1, 0.15) is 0 Å². The van der Waals surface area contributed by atoms with E-state index in [-0.39, 0.29) is 29.8 Å². The van der Waals surface area contributed by atoms with Gasteiger partial charge in [0.2, 0.25) is 0 Å². The molecule has 2 aliphatic carbocycles. The standard InChI is InChI=1S/C13H9.C11H6BrO.2ClH.S.Zr/c1-3-7-12-10(5-1)9-11-6-2-4-8-13(11)12;12-10-6-8-5-7-3-1-2-4-9(7)11(8)13-10;;;;/h1-5,7-8H,9H2;1-3,5-6,10H;2*1H;;/q;;;;;+2/p-2. The van der Waals surface area contributed by atoms with Crippen molar-refractivity contribution in [1.82, 2.24) is 0 Å². The molecular formula is C24H15BrCl2OSZr. The van der Waals surface area contributed by atoms with Gasteiger partial charge in [0.15, 0.2) is 0 Å². The van der Waals surface area contributed by atoms with Crippen LogP contribution in [0.2, 0.25) is 0 Å². The predicted molar refractivity (Wildman–Crippen MR) is 117 cm³/mol. The van der Waals surface area contributed by atoms with E-state index < -0.39 is 19.7 Å². The van der Waals surface area contributed by atoms with E-state index in [4.69, 9.17) is 13.6 Å². The first-order chi connectivity index (χ1) is 13.7. The summed E-state index contributed by atoms with van der Waals surface area (Å²) in [6.45, 7) is 0. The predicted octanol–water partition coefficient (Wildman–Crippen LogP) is -2.47. The Kier molecular flexibility index (Phi) is 6.37. The fourth-order valence-corrected chi connectivity index (χ4v) is 11.5. The zero-order valence-corrected chi connectivity index (χ0v) is 22.0. The zero-order valence-electron chi connectivity index (χ0n) is 15.7. The second-order valence-corrected chi connectivity index (χ2v) is 14.9. The molecular weight excluding hydrogens is 578 g/mol. The Morgan fingerprint density at radius 3 is 2.50 bits per heavy atom. The van der Waals surface area contributed by atoms with Crippen LogP contribution in [0.1, 0.15) is 11.1 Å². The van der Waals surface area contributed by atoms with Crippen LogP contribution < -0.4 is 41.8 Å². The Labute approximate surface area is 207 Å². The number of benzene rings is 3. The SMILES string of the molecule is [Cl-].[Cl-].[S]=[Zr+2]([c]1cccc2c1Cc1ccccc1-2)[c]1cccc2c1=C1OC(Br)C=C1C=2. The molecule has 0 aromatic heterocycles. The van der Waals surface area contributed by atoms with Crippen molar-refractivity contribution < 1.29 is 49.3 Å². The van der Waals surface area contributed by atoms with Crippen molar-refractivity contribution in [3.05, 3.63) is 93.9 Å². The number of alkyl halides is 1. The molecule has 0 amide bonds. The fourth-order valence-electron chi connectivity index (χ4n) is 4.56. The topological polar surface area (TPSA) is 9.23 Å². The van der Waals surface area contributed by atoms with Gasteiger partial charge in [0.25, 0.3) is 0 Å². The number of hydrogen-bond donors (Lipinski definition) is 0. The van der Waals surface area contributed by atoms with Crippen molar-refractivity contribution in [2.24, 2.45) is 0 Å². The van der Waals surface area contributed by atoms with Gasteiger partial charge in [-0.3, -0.25) is 0 Å². The number of ether oxygens (including phenoxy) is 1. The van der Waals surface area contributed by atoms with Crippen LogP contribution >= 0.6 is 24.8 Å². The summed E-state index contributed by atoms with van der Waals surface area (Å²) in [6.07, 6.45) is 5.36. The number of fused-ring (bicyclic) bond motifs is 5. The molecule has 0 N–H and O–H groups in total. The van der Waals surface area contributed by atoms with Crippen LogP contribution in [0, 0.1) is 0 Å². The monoisotopic (exact) mass is 590 g/mol. The first kappa shape index (κ1) is 22.3. The van der Waals surface area contributed by atoms with Gasteiger partial charge in [-0.05, 0) is 0 Å². The van der Waals surface area contributed by atoms with E-state index in [1.54, 1.807) is 0 Å². The molecule has 0 saturated heterocycles. The molecule has 3 aliphatic rings. The number of rotatable bonds is 2. The molecule has 1 heterocycles. The van der Waals surface area contributed by atoms with E-state index in [2.05, 4.69) is 88.7 Å². The van der Waals surface area contributed by atoms with E-state index >= 15 is 0 Å².